The maximum Gasteiger partial charge on any atom is 0.259 e. The highest BCUT2D eigenvalue weighted by molar-refractivity contribution is 8.15. The third-order valence-electron chi connectivity index (χ3n) is 5.74. The lowest BCUT2D eigenvalue weighted by atomic mass is 10.00. The number of aliphatic imine (C=N–C) groups is 2. The Morgan fingerprint density at radius 1 is 1.16 bits per heavy atom. The van der Waals surface area contributed by atoms with Crippen LogP contribution in [-0.4, -0.2) is 39.0 Å². The normalized spacial score (nSPS) is 19.2. The maximum atomic E-state index is 13.3. The summed E-state index contributed by atoms with van der Waals surface area (Å²) < 4.78 is 0. The van der Waals surface area contributed by atoms with Crippen molar-refractivity contribution < 1.29 is 9.59 Å². The van der Waals surface area contributed by atoms with Crippen LogP contribution < -0.4 is 5.32 Å². The first-order valence-electron chi connectivity index (χ1n) is 10.5. The fraction of sp³-hybridized carbons (Fsp3) is 0.333. The molecule has 0 fully saturated rings. The van der Waals surface area contributed by atoms with Gasteiger partial charge in [0.25, 0.3) is 5.91 Å². The highest BCUT2D eigenvalue weighted by atomic mass is 32.2. The van der Waals surface area contributed by atoms with E-state index in [-0.39, 0.29) is 17.7 Å². The van der Waals surface area contributed by atoms with Gasteiger partial charge in [0.2, 0.25) is 5.91 Å². The monoisotopic (exact) mass is 434 g/mol. The molecule has 6 nitrogen and oxygen atoms in total. The summed E-state index contributed by atoms with van der Waals surface area (Å²) in [6.45, 7) is 7.88. The van der Waals surface area contributed by atoms with E-state index in [4.69, 9.17) is 9.98 Å². The van der Waals surface area contributed by atoms with Gasteiger partial charge >= 0.3 is 0 Å². The first kappa shape index (κ1) is 21.3. The standard InChI is InChI=1S/C24H26N4O2S/c1-5-14(2)20-23(30)28-21(27-20)17-11-7-9-13-19(17)26-24(28)31-16(4)22(29)25-18-12-8-6-10-15(18)3/h6-14,16,20H,5H2,1-4H3,(H,25,29). The van der Waals surface area contributed by atoms with E-state index in [9.17, 15) is 9.59 Å². The SMILES string of the molecule is CCC(C)C1N=C2c3ccccc3N=C(SC(C)C(=O)Nc3ccccc3C)N2C1=O. The first-order valence-corrected chi connectivity index (χ1v) is 11.4. The second kappa shape index (κ2) is 8.67. The molecule has 2 amide bonds. The third-order valence-corrected chi connectivity index (χ3v) is 6.79. The van der Waals surface area contributed by atoms with Crippen LogP contribution in [-0.2, 0) is 9.59 Å². The van der Waals surface area contributed by atoms with Gasteiger partial charge in [-0.15, -0.1) is 0 Å². The number of carbonyl (C=O) groups is 2. The maximum absolute atomic E-state index is 13.3. The van der Waals surface area contributed by atoms with Crippen molar-refractivity contribution in [2.45, 2.75) is 45.4 Å². The predicted octanol–water partition coefficient (Wildman–Crippen LogP) is 4.76. The number of hydrogen-bond donors (Lipinski definition) is 1. The Morgan fingerprint density at radius 2 is 1.87 bits per heavy atom. The Labute approximate surface area is 186 Å². The molecule has 2 aromatic rings. The molecule has 0 saturated heterocycles. The fourth-order valence-electron chi connectivity index (χ4n) is 3.60. The van der Waals surface area contributed by atoms with Crippen LogP contribution >= 0.6 is 11.8 Å². The van der Waals surface area contributed by atoms with E-state index in [2.05, 4.69) is 12.2 Å². The van der Waals surface area contributed by atoms with Crippen LogP contribution in [0.3, 0.4) is 0 Å². The summed E-state index contributed by atoms with van der Waals surface area (Å²) in [4.78, 5) is 37.2. The Hall–Kier alpha value is -2.93. The quantitative estimate of drug-likeness (QED) is 0.737. The van der Waals surface area contributed by atoms with Gasteiger partial charge in [0.1, 0.15) is 11.9 Å². The predicted molar refractivity (Wildman–Crippen MR) is 127 cm³/mol. The number of fused-ring (bicyclic) bond motifs is 3. The molecule has 0 aromatic heterocycles. The molecule has 0 saturated carbocycles. The summed E-state index contributed by atoms with van der Waals surface area (Å²) >= 11 is 1.28. The van der Waals surface area contributed by atoms with Crippen LogP contribution in [0.15, 0.2) is 58.5 Å². The smallest absolute Gasteiger partial charge is 0.259 e. The number of amides is 2. The van der Waals surface area contributed by atoms with Crippen molar-refractivity contribution in [3.8, 4) is 0 Å². The molecule has 7 heteroatoms. The molecule has 0 bridgehead atoms. The van der Waals surface area contributed by atoms with Crippen LogP contribution in [0.1, 0.15) is 38.3 Å². The summed E-state index contributed by atoms with van der Waals surface area (Å²) in [5, 5.41) is 3.03. The second-order valence-corrected chi connectivity index (χ2v) is 9.24. The molecule has 1 N–H and O–H groups in total. The lowest BCUT2D eigenvalue weighted by Gasteiger charge is -2.27. The van der Waals surface area contributed by atoms with Crippen molar-refractivity contribution in [3.63, 3.8) is 0 Å². The number of thioether (sulfide) groups is 1. The molecular weight excluding hydrogens is 408 g/mol. The van der Waals surface area contributed by atoms with Crippen LogP contribution in [0.25, 0.3) is 0 Å². The van der Waals surface area contributed by atoms with Gasteiger partial charge < -0.3 is 5.32 Å². The Balaban J connectivity index is 1.61. The molecule has 0 radical (unpaired) electrons. The minimum absolute atomic E-state index is 0.0726. The Morgan fingerprint density at radius 3 is 2.61 bits per heavy atom. The number of rotatable bonds is 5. The van der Waals surface area contributed by atoms with Gasteiger partial charge in [-0.3, -0.25) is 14.6 Å². The van der Waals surface area contributed by atoms with Crippen molar-refractivity contribution in [1.29, 1.82) is 0 Å². The van der Waals surface area contributed by atoms with Gasteiger partial charge in [-0.1, -0.05) is 62.4 Å². The van der Waals surface area contributed by atoms with Crippen LogP contribution in [0.2, 0.25) is 0 Å². The van der Waals surface area contributed by atoms with Crippen molar-refractivity contribution in [1.82, 2.24) is 4.90 Å². The van der Waals surface area contributed by atoms with Gasteiger partial charge in [0.15, 0.2) is 5.17 Å². The van der Waals surface area contributed by atoms with E-state index in [1.54, 1.807) is 4.90 Å². The van der Waals surface area contributed by atoms with Gasteiger partial charge in [-0.25, -0.2) is 9.89 Å². The second-order valence-electron chi connectivity index (χ2n) is 7.93. The number of benzene rings is 2. The highest BCUT2D eigenvalue weighted by Gasteiger charge is 2.43. The van der Waals surface area contributed by atoms with Gasteiger partial charge in [0, 0.05) is 11.3 Å². The van der Waals surface area contributed by atoms with Crippen molar-refractivity contribution in [2.75, 3.05) is 5.32 Å². The number of anilines is 1. The zero-order valence-electron chi connectivity index (χ0n) is 18.1. The summed E-state index contributed by atoms with van der Waals surface area (Å²) in [5.74, 6) is 0.557. The average Bonchev–Trinajstić information content (AvgIpc) is 3.12. The fourth-order valence-corrected chi connectivity index (χ4v) is 4.52. The van der Waals surface area contributed by atoms with Gasteiger partial charge in [0.05, 0.1) is 10.9 Å². The van der Waals surface area contributed by atoms with E-state index in [1.807, 2.05) is 69.3 Å². The van der Waals surface area contributed by atoms with Crippen molar-refractivity contribution >= 4 is 46.0 Å². The minimum Gasteiger partial charge on any atom is -0.325 e. The summed E-state index contributed by atoms with van der Waals surface area (Å²) in [5.41, 5.74) is 3.40. The zero-order valence-corrected chi connectivity index (χ0v) is 18.9. The molecule has 3 unspecified atom stereocenters. The molecule has 3 atom stereocenters. The molecule has 2 aliphatic heterocycles. The number of nitrogens with one attached hydrogen (secondary N) is 1. The molecule has 31 heavy (non-hydrogen) atoms. The van der Waals surface area contributed by atoms with Gasteiger partial charge in [-0.05, 0) is 43.5 Å². The Kier molecular flexibility index (Phi) is 5.96. The highest BCUT2D eigenvalue weighted by Crippen LogP contribution is 2.36. The van der Waals surface area contributed by atoms with E-state index >= 15 is 0 Å². The number of hydrogen-bond acceptors (Lipinski definition) is 5. The van der Waals surface area contributed by atoms with E-state index in [0.717, 1.165) is 28.9 Å². The molecular formula is C24H26N4O2S. The number of nitrogens with zero attached hydrogens (tertiary/aromatic N) is 3. The number of aryl methyl sites for hydroxylation is 1. The summed E-state index contributed by atoms with van der Waals surface area (Å²) in [6, 6.07) is 14.9. The lowest BCUT2D eigenvalue weighted by molar-refractivity contribution is -0.125. The lowest BCUT2D eigenvalue weighted by Crippen LogP contribution is -2.43. The molecule has 0 aliphatic carbocycles. The topological polar surface area (TPSA) is 74.1 Å². The van der Waals surface area contributed by atoms with E-state index in [0.29, 0.717) is 11.0 Å². The summed E-state index contributed by atoms with van der Waals surface area (Å²) in [6.07, 6.45) is 0.859. The molecule has 0 spiro atoms. The van der Waals surface area contributed by atoms with Crippen molar-refractivity contribution in [2.24, 2.45) is 15.9 Å². The van der Waals surface area contributed by atoms with Crippen LogP contribution in [0.5, 0.6) is 0 Å². The van der Waals surface area contributed by atoms with Gasteiger partial charge in [-0.2, -0.15) is 0 Å². The zero-order chi connectivity index (χ0) is 22.1. The van der Waals surface area contributed by atoms with Crippen molar-refractivity contribution in [3.05, 3.63) is 59.7 Å². The molecule has 160 valence electrons. The van der Waals surface area contributed by atoms with E-state index in [1.165, 1.54) is 11.8 Å². The Bertz CT molecular complexity index is 1090. The van der Waals surface area contributed by atoms with Crippen LogP contribution in [0, 0.1) is 12.8 Å². The van der Waals surface area contributed by atoms with Crippen LogP contribution in [0.4, 0.5) is 11.4 Å². The number of amidine groups is 2. The third kappa shape index (κ3) is 4.02. The molecule has 2 heterocycles. The minimum atomic E-state index is -0.444. The largest absolute Gasteiger partial charge is 0.325 e. The molecule has 2 aliphatic rings. The number of para-hydroxylation sites is 2. The first-order chi connectivity index (χ1) is 14.9. The summed E-state index contributed by atoms with van der Waals surface area (Å²) in [7, 11) is 0. The molecule has 2 aromatic carbocycles. The van der Waals surface area contributed by atoms with E-state index < -0.39 is 11.3 Å². The number of carbonyl (C=O) groups excluding carboxylic acids is 2. The average molecular weight is 435 g/mol. The molecule has 4 rings (SSSR count).